The number of hydrogen-bond donors (Lipinski definition) is 2. The molecule has 5 nitrogen and oxygen atoms in total. The van der Waals surface area contributed by atoms with Crippen LogP contribution in [0, 0.1) is 6.92 Å². The standard InChI is InChI=1S/C21H22N4O/c1-15-8-6-7-11-18(15)14-23-21-22-13-12-19(25-21)20(26)24-16(2)17-9-4-3-5-10-17/h3-13,16H,14H2,1-2H3,(H,24,26)(H,22,23,25). The Morgan fingerprint density at radius 3 is 2.54 bits per heavy atom. The van der Waals surface area contributed by atoms with Crippen LogP contribution in [0.5, 0.6) is 0 Å². The highest BCUT2D eigenvalue weighted by molar-refractivity contribution is 5.92. The van der Waals surface area contributed by atoms with Gasteiger partial charge in [-0.05, 0) is 36.6 Å². The molecule has 1 unspecified atom stereocenters. The van der Waals surface area contributed by atoms with Crippen LogP contribution in [-0.2, 0) is 6.54 Å². The molecule has 1 atom stereocenters. The lowest BCUT2D eigenvalue weighted by atomic mass is 10.1. The molecule has 5 heteroatoms. The zero-order chi connectivity index (χ0) is 18.4. The number of nitrogens with zero attached hydrogens (tertiary/aromatic N) is 2. The summed E-state index contributed by atoms with van der Waals surface area (Å²) in [5.74, 6) is 0.218. The number of benzene rings is 2. The fourth-order valence-corrected chi connectivity index (χ4v) is 2.65. The van der Waals surface area contributed by atoms with Crippen LogP contribution in [-0.4, -0.2) is 15.9 Å². The maximum atomic E-state index is 12.5. The van der Waals surface area contributed by atoms with Crippen molar-refractivity contribution in [3.8, 4) is 0 Å². The first-order chi connectivity index (χ1) is 12.6. The summed E-state index contributed by atoms with van der Waals surface area (Å²) in [6, 6.07) is 19.5. The third kappa shape index (κ3) is 4.45. The highest BCUT2D eigenvalue weighted by Gasteiger charge is 2.13. The highest BCUT2D eigenvalue weighted by atomic mass is 16.1. The van der Waals surface area contributed by atoms with Gasteiger partial charge in [0.25, 0.3) is 5.91 Å². The lowest BCUT2D eigenvalue weighted by molar-refractivity contribution is 0.0935. The summed E-state index contributed by atoms with van der Waals surface area (Å²) in [5, 5.41) is 6.15. The van der Waals surface area contributed by atoms with E-state index in [1.807, 2.05) is 49.4 Å². The zero-order valence-electron chi connectivity index (χ0n) is 14.9. The summed E-state index contributed by atoms with van der Waals surface area (Å²) in [6.07, 6.45) is 1.59. The van der Waals surface area contributed by atoms with Gasteiger partial charge in [0, 0.05) is 12.7 Å². The molecule has 0 fully saturated rings. The second kappa shape index (κ2) is 8.25. The van der Waals surface area contributed by atoms with Crippen LogP contribution in [0.2, 0.25) is 0 Å². The number of amides is 1. The SMILES string of the molecule is Cc1ccccc1CNc1nccc(C(=O)NC(C)c2ccccc2)n1. The van der Waals surface area contributed by atoms with Crippen molar-refractivity contribution < 1.29 is 4.79 Å². The van der Waals surface area contributed by atoms with Gasteiger partial charge in [-0.3, -0.25) is 4.79 Å². The van der Waals surface area contributed by atoms with Gasteiger partial charge in [-0.1, -0.05) is 54.6 Å². The maximum absolute atomic E-state index is 12.5. The summed E-state index contributed by atoms with van der Waals surface area (Å²) >= 11 is 0. The molecule has 0 bridgehead atoms. The van der Waals surface area contributed by atoms with Gasteiger partial charge in [0.1, 0.15) is 5.69 Å². The van der Waals surface area contributed by atoms with E-state index in [0.29, 0.717) is 18.2 Å². The van der Waals surface area contributed by atoms with E-state index in [1.165, 1.54) is 11.1 Å². The van der Waals surface area contributed by atoms with Crippen molar-refractivity contribution in [3.05, 3.63) is 89.2 Å². The van der Waals surface area contributed by atoms with Crippen LogP contribution in [0.3, 0.4) is 0 Å². The molecular formula is C21H22N4O. The Kier molecular flexibility index (Phi) is 5.59. The predicted molar refractivity (Wildman–Crippen MR) is 103 cm³/mol. The second-order valence-corrected chi connectivity index (χ2v) is 6.15. The summed E-state index contributed by atoms with van der Waals surface area (Å²) in [5.41, 5.74) is 3.76. The van der Waals surface area contributed by atoms with E-state index in [4.69, 9.17) is 0 Å². The van der Waals surface area contributed by atoms with E-state index in [-0.39, 0.29) is 11.9 Å². The first-order valence-corrected chi connectivity index (χ1v) is 8.60. The molecule has 0 aliphatic heterocycles. The van der Waals surface area contributed by atoms with Gasteiger partial charge >= 0.3 is 0 Å². The molecule has 26 heavy (non-hydrogen) atoms. The van der Waals surface area contributed by atoms with Gasteiger partial charge < -0.3 is 10.6 Å². The first kappa shape index (κ1) is 17.6. The third-order valence-corrected chi connectivity index (χ3v) is 4.23. The fraction of sp³-hybridized carbons (Fsp3) is 0.190. The number of rotatable bonds is 6. The Labute approximate surface area is 153 Å². The predicted octanol–water partition coefficient (Wildman–Crippen LogP) is 3.89. The van der Waals surface area contributed by atoms with Crippen LogP contribution in [0.15, 0.2) is 66.9 Å². The molecule has 0 spiro atoms. The van der Waals surface area contributed by atoms with Crippen molar-refractivity contribution in [1.82, 2.24) is 15.3 Å². The Bertz CT molecular complexity index is 880. The summed E-state index contributed by atoms with van der Waals surface area (Å²) < 4.78 is 0. The molecule has 132 valence electrons. The molecule has 3 rings (SSSR count). The van der Waals surface area contributed by atoms with Crippen LogP contribution in [0.1, 0.15) is 40.1 Å². The number of carbonyl (C=O) groups is 1. The summed E-state index contributed by atoms with van der Waals surface area (Å²) in [4.78, 5) is 21.0. The minimum atomic E-state index is -0.220. The average molecular weight is 346 g/mol. The number of anilines is 1. The molecule has 2 N–H and O–H groups in total. The van der Waals surface area contributed by atoms with Gasteiger partial charge in [0.05, 0.1) is 6.04 Å². The minimum absolute atomic E-state index is 0.0953. The molecule has 0 saturated carbocycles. The monoisotopic (exact) mass is 346 g/mol. The highest BCUT2D eigenvalue weighted by Crippen LogP contribution is 2.13. The van der Waals surface area contributed by atoms with Crippen molar-refractivity contribution in [3.63, 3.8) is 0 Å². The smallest absolute Gasteiger partial charge is 0.270 e. The second-order valence-electron chi connectivity index (χ2n) is 6.15. The van der Waals surface area contributed by atoms with Gasteiger partial charge in [-0.25, -0.2) is 9.97 Å². The van der Waals surface area contributed by atoms with E-state index < -0.39 is 0 Å². The number of nitrogens with one attached hydrogen (secondary N) is 2. The third-order valence-electron chi connectivity index (χ3n) is 4.23. The largest absolute Gasteiger partial charge is 0.350 e. The summed E-state index contributed by atoms with van der Waals surface area (Å²) in [7, 11) is 0. The number of hydrogen-bond acceptors (Lipinski definition) is 4. The molecule has 1 heterocycles. The van der Waals surface area contributed by atoms with Crippen molar-refractivity contribution in [2.24, 2.45) is 0 Å². The van der Waals surface area contributed by atoms with Crippen molar-refractivity contribution in [2.75, 3.05) is 5.32 Å². The zero-order valence-corrected chi connectivity index (χ0v) is 14.9. The molecule has 0 aliphatic carbocycles. The number of aryl methyl sites for hydroxylation is 1. The molecular weight excluding hydrogens is 324 g/mol. The Morgan fingerprint density at radius 1 is 1.04 bits per heavy atom. The average Bonchev–Trinajstić information content (AvgIpc) is 2.68. The van der Waals surface area contributed by atoms with Crippen molar-refractivity contribution in [2.45, 2.75) is 26.4 Å². The van der Waals surface area contributed by atoms with Crippen molar-refractivity contribution >= 4 is 11.9 Å². The van der Waals surface area contributed by atoms with Crippen LogP contribution in [0.25, 0.3) is 0 Å². The Morgan fingerprint density at radius 2 is 1.77 bits per heavy atom. The molecule has 1 amide bonds. The molecule has 0 radical (unpaired) electrons. The van der Waals surface area contributed by atoms with E-state index in [0.717, 1.165) is 5.56 Å². The number of carbonyl (C=O) groups excluding carboxylic acids is 1. The van der Waals surface area contributed by atoms with Gasteiger partial charge in [-0.15, -0.1) is 0 Å². The quantitative estimate of drug-likeness (QED) is 0.711. The van der Waals surface area contributed by atoms with Crippen LogP contribution >= 0.6 is 0 Å². The summed E-state index contributed by atoms with van der Waals surface area (Å²) in [6.45, 7) is 4.62. The minimum Gasteiger partial charge on any atom is -0.350 e. The van der Waals surface area contributed by atoms with Crippen LogP contribution in [0.4, 0.5) is 5.95 Å². The lowest BCUT2D eigenvalue weighted by Gasteiger charge is -2.14. The first-order valence-electron chi connectivity index (χ1n) is 8.60. The Hall–Kier alpha value is -3.21. The molecule has 0 saturated heterocycles. The van der Waals surface area contributed by atoms with E-state index >= 15 is 0 Å². The topological polar surface area (TPSA) is 66.9 Å². The molecule has 1 aromatic heterocycles. The van der Waals surface area contributed by atoms with E-state index in [1.54, 1.807) is 12.3 Å². The molecule has 3 aromatic rings. The maximum Gasteiger partial charge on any atom is 0.270 e. The van der Waals surface area contributed by atoms with Crippen molar-refractivity contribution in [1.29, 1.82) is 0 Å². The fourth-order valence-electron chi connectivity index (χ4n) is 2.65. The van der Waals surface area contributed by atoms with Crippen LogP contribution < -0.4 is 10.6 Å². The van der Waals surface area contributed by atoms with Gasteiger partial charge in [-0.2, -0.15) is 0 Å². The molecule has 2 aromatic carbocycles. The van der Waals surface area contributed by atoms with E-state index in [2.05, 4.69) is 39.7 Å². The van der Waals surface area contributed by atoms with Gasteiger partial charge in [0.15, 0.2) is 0 Å². The van der Waals surface area contributed by atoms with Gasteiger partial charge in [0.2, 0.25) is 5.95 Å². The number of aromatic nitrogens is 2. The lowest BCUT2D eigenvalue weighted by Crippen LogP contribution is -2.27. The van der Waals surface area contributed by atoms with E-state index in [9.17, 15) is 4.79 Å². The molecule has 0 aliphatic rings. The Balaban J connectivity index is 1.65. The normalized spacial score (nSPS) is 11.6.